The van der Waals surface area contributed by atoms with E-state index in [1.807, 2.05) is 26.8 Å². The Morgan fingerprint density at radius 1 is 1.05 bits per heavy atom. The number of nitrogens with one attached hydrogen (secondary N) is 2. The summed E-state index contributed by atoms with van der Waals surface area (Å²) in [6.45, 7) is 11.3. The fourth-order valence-corrected chi connectivity index (χ4v) is 7.43. The molecule has 40 heavy (non-hydrogen) atoms. The second-order valence-electron chi connectivity index (χ2n) is 13.5. The molecule has 2 aliphatic carbocycles. The van der Waals surface area contributed by atoms with E-state index in [2.05, 4.69) is 15.0 Å². The molecule has 1 amide bonds. The molecule has 3 N–H and O–H groups in total. The first-order valence-electron chi connectivity index (χ1n) is 14.3. The number of rotatable bonds is 8. The summed E-state index contributed by atoms with van der Waals surface area (Å²) in [6.07, 6.45) is 7.19. The highest BCUT2D eigenvalue weighted by Gasteiger charge is 2.37. The van der Waals surface area contributed by atoms with E-state index in [-0.39, 0.29) is 16.8 Å². The van der Waals surface area contributed by atoms with Gasteiger partial charge in [0, 0.05) is 17.1 Å². The Morgan fingerprint density at radius 2 is 1.70 bits per heavy atom. The van der Waals surface area contributed by atoms with Crippen LogP contribution in [0.1, 0.15) is 108 Å². The van der Waals surface area contributed by atoms with Crippen LogP contribution < -0.4 is 10.0 Å². The lowest BCUT2D eigenvalue weighted by Crippen LogP contribution is -2.46. The lowest BCUT2D eigenvalue weighted by molar-refractivity contribution is -0.145. The van der Waals surface area contributed by atoms with Crippen LogP contribution in [0.3, 0.4) is 0 Å². The summed E-state index contributed by atoms with van der Waals surface area (Å²) in [7, 11) is -3.79. The van der Waals surface area contributed by atoms with Crippen LogP contribution >= 0.6 is 0 Å². The van der Waals surface area contributed by atoms with Gasteiger partial charge in [-0.15, -0.1) is 0 Å². The van der Waals surface area contributed by atoms with Gasteiger partial charge >= 0.3 is 11.9 Å². The Kier molecular flexibility index (Phi) is 8.53. The molecule has 0 radical (unpaired) electrons. The second kappa shape index (κ2) is 11.3. The summed E-state index contributed by atoms with van der Waals surface area (Å²) in [5, 5.41) is 12.0. The predicted molar refractivity (Wildman–Crippen MR) is 153 cm³/mol. The number of nitrogens with zero attached hydrogens (tertiary/aromatic N) is 1. The molecule has 0 bridgehead atoms. The lowest BCUT2D eigenvalue weighted by Gasteiger charge is -2.32. The quantitative estimate of drug-likeness (QED) is 0.383. The highest BCUT2D eigenvalue weighted by Crippen LogP contribution is 2.37. The minimum atomic E-state index is -3.79. The average molecular weight is 574 g/mol. The third-order valence-electron chi connectivity index (χ3n) is 7.70. The molecule has 0 saturated heterocycles. The van der Waals surface area contributed by atoms with Crippen molar-refractivity contribution in [2.75, 3.05) is 0 Å². The summed E-state index contributed by atoms with van der Waals surface area (Å²) < 4.78 is 35.6. The summed E-state index contributed by atoms with van der Waals surface area (Å²) >= 11 is 0. The zero-order chi connectivity index (χ0) is 29.5. The van der Waals surface area contributed by atoms with E-state index in [1.165, 1.54) is 19.3 Å². The Balaban J connectivity index is 1.71. The lowest BCUT2D eigenvalue weighted by atomic mass is 9.80. The Morgan fingerprint density at radius 3 is 2.27 bits per heavy atom. The van der Waals surface area contributed by atoms with E-state index < -0.39 is 38.8 Å². The molecule has 0 spiro atoms. The Hall–Kier alpha value is -2.72. The molecule has 2 aliphatic rings. The van der Waals surface area contributed by atoms with Crippen LogP contribution in [0.5, 0.6) is 0 Å². The molecule has 1 heterocycles. The normalized spacial score (nSPS) is 20.6. The standard InChI is InChI=1S/C30H43N3O6S/c1-29(2,3)22-17-19(12-13-24(22)40(37,38)33-30(4,5)6)25-23(14-18-10-8-7-9-11-18)32-27(39-25)26(34)31-21-15-20(16-21)28(35)36/h12-13,17-18,20-21,33H,7-11,14-16H2,1-6H3,(H,31,34)(H,35,36). The maximum absolute atomic E-state index is 13.4. The van der Waals surface area contributed by atoms with E-state index in [4.69, 9.17) is 9.52 Å². The van der Waals surface area contributed by atoms with Crippen molar-refractivity contribution in [2.45, 2.75) is 115 Å². The van der Waals surface area contributed by atoms with Crippen LogP contribution in [0.2, 0.25) is 0 Å². The SMILES string of the molecule is CC(C)(C)NS(=O)(=O)c1ccc(-c2oc(C(=O)NC3CC(C(=O)O)C3)nc2CC2CCCCC2)cc1C(C)(C)C. The van der Waals surface area contributed by atoms with Crippen molar-refractivity contribution in [3.8, 4) is 11.3 Å². The van der Waals surface area contributed by atoms with Gasteiger partial charge in [0.25, 0.3) is 5.89 Å². The van der Waals surface area contributed by atoms with Crippen LogP contribution in [-0.4, -0.2) is 42.0 Å². The molecular weight excluding hydrogens is 530 g/mol. The first kappa shape index (κ1) is 30.2. The monoisotopic (exact) mass is 573 g/mol. The Labute approximate surface area is 237 Å². The summed E-state index contributed by atoms with van der Waals surface area (Å²) in [4.78, 5) is 29.0. The maximum atomic E-state index is 13.4. The van der Waals surface area contributed by atoms with Crippen molar-refractivity contribution >= 4 is 21.9 Å². The largest absolute Gasteiger partial charge is 0.481 e. The van der Waals surface area contributed by atoms with Gasteiger partial charge in [0.05, 0.1) is 16.5 Å². The van der Waals surface area contributed by atoms with Gasteiger partial charge in [0.2, 0.25) is 10.0 Å². The fourth-order valence-electron chi connectivity index (χ4n) is 5.61. The topological polar surface area (TPSA) is 139 Å². The molecule has 1 aromatic heterocycles. The first-order valence-corrected chi connectivity index (χ1v) is 15.7. The number of aromatic nitrogens is 1. The molecule has 0 unspecified atom stereocenters. The van der Waals surface area contributed by atoms with E-state index >= 15 is 0 Å². The minimum absolute atomic E-state index is 0.0528. The molecule has 2 saturated carbocycles. The molecule has 2 aromatic rings. The van der Waals surface area contributed by atoms with Crippen LogP contribution in [-0.2, 0) is 26.7 Å². The number of benzene rings is 1. The maximum Gasteiger partial charge on any atom is 0.307 e. The summed E-state index contributed by atoms with van der Waals surface area (Å²) in [6, 6.07) is 4.95. The molecule has 1 aromatic carbocycles. The zero-order valence-corrected chi connectivity index (χ0v) is 25.3. The van der Waals surface area contributed by atoms with E-state index in [9.17, 15) is 18.0 Å². The highest BCUT2D eigenvalue weighted by molar-refractivity contribution is 7.89. The number of carboxylic acids is 1. The Bertz CT molecular complexity index is 1350. The van der Waals surface area contributed by atoms with Gasteiger partial charge in [-0.3, -0.25) is 9.59 Å². The number of hydrogen-bond donors (Lipinski definition) is 3. The fraction of sp³-hybridized carbons (Fsp3) is 0.633. The van der Waals surface area contributed by atoms with Crippen molar-refractivity contribution < 1.29 is 27.5 Å². The number of carbonyl (C=O) groups excluding carboxylic acids is 1. The molecule has 220 valence electrons. The molecule has 4 rings (SSSR count). The average Bonchev–Trinajstić information content (AvgIpc) is 3.22. The third kappa shape index (κ3) is 7.13. The number of sulfonamides is 1. The van der Waals surface area contributed by atoms with Crippen molar-refractivity contribution in [2.24, 2.45) is 11.8 Å². The van der Waals surface area contributed by atoms with Crippen LogP contribution in [0.15, 0.2) is 27.5 Å². The van der Waals surface area contributed by atoms with E-state index in [0.29, 0.717) is 47.8 Å². The molecule has 10 heteroatoms. The van der Waals surface area contributed by atoms with Crippen molar-refractivity contribution in [3.05, 3.63) is 35.3 Å². The van der Waals surface area contributed by atoms with E-state index in [0.717, 1.165) is 12.8 Å². The molecule has 2 fully saturated rings. The van der Waals surface area contributed by atoms with Crippen molar-refractivity contribution in [3.63, 3.8) is 0 Å². The summed E-state index contributed by atoms with van der Waals surface area (Å²) in [5.41, 5.74) is 0.871. The van der Waals surface area contributed by atoms with Crippen molar-refractivity contribution in [1.29, 1.82) is 0 Å². The van der Waals surface area contributed by atoms with Crippen LogP contribution in [0.25, 0.3) is 11.3 Å². The number of amides is 1. The summed E-state index contributed by atoms with van der Waals surface area (Å²) in [5.74, 6) is -0.889. The van der Waals surface area contributed by atoms with Gasteiger partial charge in [-0.25, -0.2) is 18.1 Å². The molecular formula is C30H43N3O6S. The van der Waals surface area contributed by atoms with Gasteiger partial charge in [0.15, 0.2) is 5.76 Å². The number of hydrogen-bond acceptors (Lipinski definition) is 6. The first-order chi connectivity index (χ1) is 18.5. The minimum Gasteiger partial charge on any atom is -0.481 e. The van der Waals surface area contributed by atoms with Gasteiger partial charge in [-0.05, 0) is 75.1 Å². The number of oxazole rings is 1. The van der Waals surface area contributed by atoms with Gasteiger partial charge < -0.3 is 14.8 Å². The van der Waals surface area contributed by atoms with E-state index in [1.54, 1.807) is 32.9 Å². The second-order valence-corrected chi connectivity index (χ2v) is 15.1. The third-order valence-corrected chi connectivity index (χ3v) is 9.52. The van der Waals surface area contributed by atoms with Gasteiger partial charge in [-0.1, -0.05) is 52.9 Å². The van der Waals surface area contributed by atoms with Gasteiger partial charge in [0.1, 0.15) is 0 Å². The smallest absolute Gasteiger partial charge is 0.307 e. The number of carbonyl (C=O) groups is 2. The van der Waals surface area contributed by atoms with Crippen LogP contribution in [0.4, 0.5) is 0 Å². The number of aliphatic carboxylic acids is 1. The molecule has 0 aliphatic heterocycles. The highest BCUT2D eigenvalue weighted by atomic mass is 32.2. The zero-order valence-electron chi connectivity index (χ0n) is 24.5. The molecule has 0 atom stereocenters. The van der Waals surface area contributed by atoms with Gasteiger partial charge in [-0.2, -0.15) is 0 Å². The van der Waals surface area contributed by atoms with Crippen molar-refractivity contribution in [1.82, 2.24) is 15.0 Å². The molecule has 9 nitrogen and oxygen atoms in total. The van der Waals surface area contributed by atoms with Crippen LogP contribution in [0, 0.1) is 11.8 Å². The predicted octanol–water partition coefficient (Wildman–Crippen LogP) is 5.43. The number of carboxylic acid groups (broad SMARTS) is 1.